The van der Waals surface area contributed by atoms with Crippen LogP contribution in [-0.2, 0) is 13.6 Å². The molecule has 0 aromatic rings. The van der Waals surface area contributed by atoms with Crippen molar-refractivity contribution in [1.82, 2.24) is 0 Å². The molecule has 1 heterocycles. The maximum atomic E-state index is 6.49. The molecule has 0 aromatic heterocycles. The Morgan fingerprint density at radius 1 is 0.909 bits per heavy atom. The lowest BCUT2D eigenvalue weighted by molar-refractivity contribution is 0.0302. The van der Waals surface area contributed by atoms with Crippen molar-refractivity contribution in [2.24, 2.45) is 0 Å². The summed E-state index contributed by atoms with van der Waals surface area (Å²) in [6.45, 7) is 23.3. The normalized spacial score (nSPS) is 23.7. The third kappa shape index (κ3) is 4.69. The Hall–Kier alpha value is -0.106. The van der Waals surface area contributed by atoms with Gasteiger partial charge in [-0.1, -0.05) is 41.5 Å². The van der Waals surface area contributed by atoms with Crippen molar-refractivity contribution in [1.29, 1.82) is 0 Å². The zero-order chi connectivity index (χ0) is 17.4. The molecule has 22 heavy (non-hydrogen) atoms. The number of ether oxygens (including phenoxy) is 1. The summed E-state index contributed by atoms with van der Waals surface area (Å²) in [6, 6.07) is 0. The molecule has 3 nitrogen and oxygen atoms in total. The van der Waals surface area contributed by atoms with Crippen LogP contribution < -0.4 is 0 Å². The molecule has 0 amide bonds. The summed E-state index contributed by atoms with van der Waals surface area (Å²) in [5, 5.41) is 0.420. The highest BCUT2D eigenvalue weighted by atomic mass is 28.4. The average Bonchev–Trinajstić information content (AvgIpc) is 2.70. The second-order valence-electron chi connectivity index (χ2n) is 9.42. The van der Waals surface area contributed by atoms with E-state index in [1.54, 1.807) is 6.26 Å². The third-order valence-corrected chi connectivity index (χ3v) is 14.5. The van der Waals surface area contributed by atoms with Gasteiger partial charge in [0.05, 0.1) is 12.9 Å². The van der Waals surface area contributed by atoms with Gasteiger partial charge >= 0.3 is 0 Å². The molecule has 0 saturated carbocycles. The van der Waals surface area contributed by atoms with E-state index >= 15 is 0 Å². The van der Waals surface area contributed by atoms with Crippen molar-refractivity contribution in [3.63, 3.8) is 0 Å². The minimum absolute atomic E-state index is 0.0109. The number of rotatable bonds is 5. The Morgan fingerprint density at radius 3 is 1.86 bits per heavy atom. The van der Waals surface area contributed by atoms with Crippen LogP contribution in [-0.4, -0.2) is 35.4 Å². The van der Waals surface area contributed by atoms with Gasteiger partial charge < -0.3 is 13.6 Å². The van der Waals surface area contributed by atoms with E-state index in [2.05, 4.69) is 67.7 Å². The van der Waals surface area contributed by atoms with Crippen molar-refractivity contribution < 1.29 is 13.6 Å². The first-order valence-corrected chi connectivity index (χ1v) is 14.1. The highest BCUT2D eigenvalue weighted by molar-refractivity contribution is 6.74. The van der Waals surface area contributed by atoms with Crippen LogP contribution >= 0.6 is 0 Å². The van der Waals surface area contributed by atoms with Crippen LogP contribution in [0.5, 0.6) is 0 Å². The molecular weight excluding hydrogens is 308 g/mol. The fraction of sp³-hybridized carbons (Fsp3) is 0.882. The van der Waals surface area contributed by atoms with Crippen molar-refractivity contribution in [3.8, 4) is 0 Å². The monoisotopic (exact) mass is 344 g/mol. The van der Waals surface area contributed by atoms with Gasteiger partial charge in [-0.2, -0.15) is 0 Å². The molecule has 0 N–H and O–H groups in total. The first-order valence-electron chi connectivity index (χ1n) is 8.31. The van der Waals surface area contributed by atoms with Crippen molar-refractivity contribution in [2.75, 3.05) is 6.61 Å². The predicted molar refractivity (Wildman–Crippen MR) is 99.2 cm³/mol. The minimum Gasteiger partial charge on any atom is -0.493 e. The first kappa shape index (κ1) is 19.9. The molecule has 5 heteroatoms. The van der Waals surface area contributed by atoms with E-state index in [-0.39, 0.29) is 22.3 Å². The van der Waals surface area contributed by atoms with E-state index in [0.717, 1.165) is 0 Å². The van der Waals surface area contributed by atoms with Crippen LogP contribution in [0.4, 0.5) is 0 Å². The molecule has 0 aliphatic carbocycles. The number of hydrogen-bond acceptors (Lipinski definition) is 3. The maximum absolute atomic E-state index is 6.49. The van der Waals surface area contributed by atoms with Crippen molar-refractivity contribution >= 4 is 16.6 Å². The first-order chi connectivity index (χ1) is 9.67. The summed E-state index contributed by atoms with van der Waals surface area (Å²) >= 11 is 0. The van der Waals surface area contributed by atoms with Gasteiger partial charge in [0.15, 0.2) is 16.6 Å². The molecule has 1 aliphatic rings. The van der Waals surface area contributed by atoms with Gasteiger partial charge in [-0.25, -0.2) is 0 Å². The highest BCUT2D eigenvalue weighted by Gasteiger charge is 2.43. The van der Waals surface area contributed by atoms with Gasteiger partial charge in [0, 0.05) is 0 Å². The molecular formula is C17H36O3Si2. The molecule has 1 aliphatic heterocycles. The minimum atomic E-state index is -1.80. The standard InChI is InChI=1S/C17H36O3Si2/c1-16(2,3)21(7,8)19-13-15-14(11-12-18-15)20-22(9,10)17(4,5)6/h11-12,14-15H,13H2,1-10H3/t14-,15+/m1/s1. The van der Waals surface area contributed by atoms with E-state index in [1.807, 2.05) is 6.08 Å². The predicted octanol–water partition coefficient (Wildman–Crippen LogP) is 5.31. The smallest absolute Gasteiger partial charge is 0.193 e. The van der Waals surface area contributed by atoms with Crippen LogP contribution in [0.1, 0.15) is 41.5 Å². The molecule has 0 spiro atoms. The summed E-state index contributed by atoms with van der Waals surface area (Å²) in [5.74, 6) is 0. The molecule has 0 radical (unpaired) electrons. The van der Waals surface area contributed by atoms with Crippen molar-refractivity contribution in [3.05, 3.63) is 12.3 Å². The zero-order valence-corrected chi connectivity index (χ0v) is 18.2. The summed E-state index contributed by atoms with van der Waals surface area (Å²) in [4.78, 5) is 0. The molecule has 130 valence electrons. The lowest BCUT2D eigenvalue weighted by Crippen LogP contribution is -2.48. The summed E-state index contributed by atoms with van der Waals surface area (Å²) in [6.07, 6.45) is 3.83. The third-order valence-electron chi connectivity index (χ3n) is 5.54. The SMILES string of the molecule is CC(C)(C)[Si](C)(C)OC[C@@H]1OC=C[C@H]1O[Si](C)(C)C(C)(C)C. The van der Waals surface area contributed by atoms with Crippen LogP contribution in [0, 0.1) is 0 Å². The summed E-state index contributed by atoms with van der Waals surface area (Å²) < 4.78 is 18.6. The highest BCUT2D eigenvalue weighted by Crippen LogP contribution is 2.39. The topological polar surface area (TPSA) is 27.7 Å². The van der Waals surface area contributed by atoms with E-state index in [1.165, 1.54) is 0 Å². The fourth-order valence-electron chi connectivity index (χ4n) is 1.70. The second-order valence-corrected chi connectivity index (χ2v) is 19.0. The maximum Gasteiger partial charge on any atom is 0.193 e. The Balaban J connectivity index is 2.67. The van der Waals surface area contributed by atoms with E-state index < -0.39 is 16.6 Å². The molecule has 0 saturated heterocycles. The van der Waals surface area contributed by atoms with Crippen LogP contribution in [0.15, 0.2) is 12.3 Å². The second kappa shape index (κ2) is 6.42. The quantitative estimate of drug-likeness (QED) is 0.632. The summed E-state index contributed by atoms with van der Waals surface area (Å²) in [7, 11) is -3.55. The van der Waals surface area contributed by atoms with Gasteiger partial charge in [0.1, 0.15) is 12.2 Å². The van der Waals surface area contributed by atoms with E-state index in [0.29, 0.717) is 6.61 Å². The Kier molecular flexibility index (Phi) is 5.82. The van der Waals surface area contributed by atoms with Gasteiger partial charge in [-0.05, 0) is 42.3 Å². The Bertz CT molecular complexity index is 403. The van der Waals surface area contributed by atoms with Crippen LogP contribution in [0.3, 0.4) is 0 Å². The van der Waals surface area contributed by atoms with Gasteiger partial charge in [0.2, 0.25) is 0 Å². The largest absolute Gasteiger partial charge is 0.493 e. The van der Waals surface area contributed by atoms with Gasteiger partial charge in [0.25, 0.3) is 0 Å². The van der Waals surface area contributed by atoms with Gasteiger partial charge in [-0.15, -0.1) is 0 Å². The number of hydrogen-bond donors (Lipinski definition) is 0. The van der Waals surface area contributed by atoms with Crippen molar-refractivity contribution in [2.45, 2.75) is 90.0 Å². The van der Waals surface area contributed by atoms with Crippen LogP contribution in [0.25, 0.3) is 0 Å². The fourth-order valence-corrected chi connectivity index (χ4v) is 3.98. The Labute approximate surface area is 139 Å². The molecule has 0 aromatic carbocycles. The lowest BCUT2D eigenvalue weighted by Gasteiger charge is -2.40. The molecule has 0 unspecified atom stereocenters. The molecule has 0 fully saturated rings. The molecule has 2 atom stereocenters. The molecule has 0 bridgehead atoms. The van der Waals surface area contributed by atoms with E-state index in [4.69, 9.17) is 13.6 Å². The van der Waals surface area contributed by atoms with E-state index in [9.17, 15) is 0 Å². The van der Waals surface area contributed by atoms with Gasteiger partial charge in [-0.3, -0.25) is 0 Å². The summed E-state index contributed by atoms with van der Waals surface area (Å²) in [5.41, 5.74) is 0. The zero-order valence-electron chi connectivity index (χ0n) is 16.2. The lowest BCUT2D eigenvalue weighted by atomic mass is 10.2. The Morgan fingerprint density at radius 2 is 1.41 bits per heavy atom. The average molecular weight is 345 g/mol. The molecule has 1 rings (SSSR count). The van der Waals surface area contributed by atoms with Crippen LogP contribution in [0.2, 0.25) is 36.3 Å².